The number of hydrogen-bond donors (Lipinski definition) is 2. The summed E-state index contributed by atoms with van der Waals surface area (Å²) < 4.78 is 0. The van der Waals surface area contributed by atoms with Gasteiger partial charge in [0, 0.05) is 12.6 Å². The first-order valence-electron chi connectivity index (χ1n) is 3.75. The van der Waals surface area contributed by atoms with Crippen LogP contribution in [0.25, 0.3) is 0 Å². The van der Waals surface area contributed by atoms with E-state index in [9.17, 15) is 10.1 Å². The first kappa shape index (κ1) is 9.47. The van der Waals surface area contributed by atoms with Crippen molar-refractivity contribution in [2.24, 2.45) is 0 Å². The van der Waals surface area contributed by atoms with Crippen molar-refractivity contribution in [3.8, 4) is 0 Å². The van der Waals surface area contributed by atoms with Crippen molar-refractivity contribution in [3.63, 3.8) is 0 Å². The fourth-order valence-corrected chi connectivity index (χ4v) is 0.913. The molecule has 0 heterocycles. The number of nitro benzene ring substituents is 1. The van der Waals surface area contributed by atoms with Gasteiger partial charge < -0.3 is 10.4 Å². The van der Waals surface area contributed by atoms with Crippen LogP contribution >= 0.6 is 0 Å². The second kappa shape index (κ2) is 4.42. The summed E-state index contributed by atoms with van der Waals surface area (Å²) in [6, 6.07) is 7.03. The van der Waals surface area contributed by atoms with Gasteiger partial charge in [-0.25, -0.2) is 0 Å². The number of hydrogen-bond acceptors (Lipinski definition) is 4. The van der Waals surface area contributed by atoms with E-state index in [2.05, 4.69) is 11.4 Å². The van der Waals surface area contributed by atoms with E-state index in [1.807, 2.05) is 0 Å². The van der Waals surface area contributed by atoms with Crippen molar-refractivity contribution in [3.05, 3.63) is 34.4 Å². The van der Waals surface area contributed by atoms with E-state index in [-0.39, 0.29) is 12.3 Å². The Morgan fingerprint density at radius 2 is 2.46 bits per heavy atom. The minimum Gasteiger partial charge on any atom is -0.395 e. The van der Waals surface area contributed by atoms with E-state index in [1.165, 1.54) is 6.07 Å². The third-order valence-corrected chi connectivity index (χ3v) is 1.47. The maximum atomic E-state index is 10.5. The number of nitro groups is 1. The molecule has 0 saturated carbocycles. The SMILES string of the molecule is O=[N+]([O-])c1c[c]ccc1NCCO. The van der Waals surface area contributed by atoms with E-state index in [0.717, 1.165) is 0 Å². The number of rotatable bonds is 4. The summed E-state index contributed by atoms with van der Waals surface area (Å²) in [5.74, 6) is 0. The zero-order valence-electron chi connectivity index (χ0n) is 6.86. The van der Waals surface area contributed by atoms with Crippen molar-refractivity contribution in [2.45, 2.75) is 0 Å². The Balaban J connectivity index is 2.84. The lowest BCUT2D eigenvalue weighted by Crippen LogP contribution is -2.07. The Kier molecular flexibility index (Phi) is 3.22. The molecule has 1 rings (SSSR count). The Bertz CT molecular complexity index is 301. The molecule has 0 saturated heterocycles. The number of anilines is 1. The summed E-state index contributed by atoms with van der Waals surface area (Å²) >= 11 is 0. The van der Waals surface area contributed by atoms with Gasteiger partial charge in [0.15, 0.2) is 0 Å². The molecule has 0 spiro atoms. The van der Waals surface area contributed by atoms with E-state index < -0.39 is 4.92 Å². The summed E-state index contributed by atoms with van der Waals surface area (Å²) in [7, 11) is 0. The molecule has 0 aliphatic heterocycles. The average molecular weight is 181 g/mol. The molecule has 0 unspecified atom stereocenters. The molecule has 0 fully saturated rings. The van der Waals surface area contributed by atoms with Crippen LogP contribution in [-0.4, -0.2) is 23.2 Å². The molecule has 69 valence electrons. The van der Waals surface area contributed by atoms with E-state index in [0.29, 0.717) is 12.2 Å². The number of nitrogens with one attached hydrogen (secondary N) is 1. The minimum atomic E-state index is -0.490. The highest BCUT2D eigenvalue weighted by molar-refractivity contribution is 5.60. The minimum absolute atomic E-state index is 0.0315. The molecule has 1 radical (unpaired) electrons. The van der Waals surface area contributed by atoms with Gasteiger partial charge in [-0.15, -0.1) is 0 Å². The van der Waals surface area contributed by atoms with Crippen LogP contribution in [0.15, 0.2) is 18.2 Å². The fourth-order valence-electron chi connectivity index (χ4n) is 0.913. The van der Waals surface area contributed by atoms with E-state index in [4.69, 9.17) is 5.11 Å². The molecule has 0 atom stereocenters. The average Bonchev–Trinajstić information content (AvgIpc) is 2.15. The summed E-state index contributed by atoms with van der Waals surface area (Å²) in [5, 5.41) is 21.7. The molecule has 5 heteroatoms. The molecule has 13 heavy (non-hydrogen) atoms. The van der Waals surface area contributed by atoms with Gasteiger partial charge in [-0.3, -0.25) is 10.1 Å². The summed E-state index contributed by atoms with van der Waals surface area (Å²) in [4.78, 5) is 9.98. The molecule has 1 aromatic rings. The lowest BCUT2D eigenvalue weighted by molar-refractivity contribution is -0.384. The maximum absolute atomic E-state index is 10.5. The third-order valence-electron chi connectivity index (χ3n) is 1.47. The molecule has 0 bridgehead atoms. The highest BCUT2D eigenvalue weighted by atomic mass is 16.6. The monoisotopic (exact) mass is 181 g/mol. The molecule has 5 nitrogen and oxygen atoms in total. The van der Waals surface area contributed by atoms with Crippen molar-refractivity contribution >= 4 is 11.4 Å². The van der Waals surface area contributed by atoms with Gasteiger partial charge >= 0.3 is 0 Å². The van der Waals surface area contributed by atoms with Gasteiger partial charge in [0.05, 0.1) is 11.5 Å². The molecule has 0 amide bonds. The van der Waals surface area contributed by atoms with Gasteiger partial charge in [-0.1, -0.05) is 6.07 Å². The van der Waals surface area contributed by atoms with Crippen LogP contribution in [0, 0.1) is 16.2 Å². The maximum Gasteiger partial charge on any atom is 0.292 e. The number of aliphatic hydroxyl groups excluding tert-OH is 1. The zero-order valence-corrected chi connectivity index (χ0v) is 6.86. The number of benzene rings is 1. The van der Waals surface area contributed by atoms with Crippen LogP contribution in [0.5, 0.6) is 0 Å². The molecule has 2 N–H and O–H groups in total. The molecular weight excluding hydrogens is 172 g/mol. The second-order valence-corrected chi connectivity index (χ2v) is 2.35. The molecule has 1 aromatic carbocycles. The van der Waals surface area contributed by atoms with Gasteiger partial charge in [0.2, 0.25) is 0 Å². The Labute approximate surface area is 75.2 Å². The molecule has 0 aromatic heterocycles. The van der Waals surface area contributed by atoms with Gasteiger partial charge in [0.1, 0.15) is 5.69 Å². The first-order valence-corrected chi connectivity index (χ1v) is 3.75. The third kappa shape index (κ3) is 2.41. The lowest BCUT2D eigenvalue weighted by atomic mass is 10.2. The number of aliphatic hydroxyl groups is 1. The number of nitrogens with zero attached hydrogens (tertiary/aromatic N) is 1. The highest BCUT2D eigenvalue weighted by Crippen LogP contribution is 2.22. The van der Waals surface area contributed by atoms with Crippen molar-refractivity contribution < 1.29 is 10.0 Å². The predicted molar refractivity (Wildman–Crippen MR) is 47.5 cm³/mol. The Morgan fingerprint density at radius 1 is 1.69 bits per heavy atom. The predicted octanol–water partition coefficient (Wildman–Crippen LogP) is 0.799. The quantitative estimate of drug-likeness (QED) is 0.532. The molecule has 0 aliphatic rings. The van der Waals surface area contributed by atoms with Crippen molar-refractivity contribution in [1.82, 2.24) is 0 Å². The first-order chi connectivity index (χ1) is 6.25. The Morgan fingerprint density at radius 3 is 3.08 bits per heavy atom. The highest BCUT2D eigenvalue weighted by Gasteiger charge is 2.10. The summed E-state index contributed by atoms with van der Waals surface area (Å²) in [6.45, 7) is 0.237. The van der Waals surface area contributed by atoms with Gasteiger partial charge in [-0.05, 0) is 12.1 Å². The fraction of sp³-hybridized carbons (Fsp3) is 0.250. The molecule has 0 aliphatic carbocycles. The topological polar surface area (TPSA) is 75.4 Å². The Hall–Kier alpha value is -1.62. The van der Waals surface area contributed by atoms with Gasteiger partial charge in [0.25, 0.3) is 5.69 Å². The second-order valence-electron chi connectivity index (χ2n) is 2.35. The summed E-state index contributed by atoms with van der Waals surface area (Å²) in [5.41, 5.74) is 0.369. The molecular formula is C8H9N2O3. The van der Waals surface area contributed by atoms with Crippen LogP contribution in [0.3, 0.4) is 0 Å². The normalized spacial score (nSPS) is 9.62. The van der Waals surface area contributed by atoms with Gasteiger partial charge in [-0.2, -0.15) is 0 Å². The van der Waals surface area contributed by atoms with Crippen LogP contribution in [0.1, 0.15) is 0 Å². The van der Waals surface area contributed by atoms with Crippen LogP contribution < -0.4 is 5.32 Å². The van der Waals surface area contributed by atoms with Crippen LogP contribution in [0.4, 0.5) is 11.4 Å². The zero-order chi connectivity index (χ0) is 9.68. The van der Waals surface area contributed by atoms with Crippen molar-refractivity contribution in [1.29, 1.82) is 0 Å². The largest absolute Gasteiger partial charge is 0.395 e. The van der Waals surface area contributed by atoms with E-state index in [1.54, 1.807) is 12.1 Å². The van der Waals surface area contributed by atoms with E-state index >= 15 is 0 Å². The summed E-state index contributed by atoms with van der Waals surface area (Å²) in [6.07, 6.45) is 0. The standard InChI is InChI=1S/C8H9N2O3/c11-6-5-9-7-3-1-2-4-8(7)10(12)13/h1,3-4,9,11H,5-6H2. The van der Waals surface area contributed by atoms with Crippen LogP contribution in [0.2, 0.25) is 0 Å². The van der Waals surface area contributed by atoms with Crippen molar-refractivity contribution in [2.75, 3.05) is 18.5 Å². The lowest BCUT2D eigenvalue weighted by Gasteiger charge is -2.03. The van der Waals surface area contributed by atoms with Crippen LogP contribution in [-0.2, 0) is 0 Å². The smallest absolute Gasteiger partial charge is 0.292 e.